The molecule has 1 aliphatic heterocycles. The lowest BCUT2D eigenvalue weighted by atomic mass is 9.92. The highest BCUT2D eigenvalue weighted by atomic mass is 19.1. The Morgan fingerprint density at radius 2 is 1.49 bits per heavy atom. The van der Waals surface area contributed by atoms with Crippen molar-refractivity contribution < 1.29 is 23.1 Å². The van der Waals surface area contributed by atoms with Crippen LogP contribution in [0.2, 0.25) is 0 Å². The van der Waals surface area contributed by atoms with Crippen molar-refractivity contribution in [3.63, 3.8) is 0 Å². The van der Waals surface area contributed by atoms with Crippen molar-refractivity contribution in [3.05, 3.63) is 107 Å². The number of esters is 1. The van der Waals surface area contributed by atoms with E-state index in [1.807, 2.05) is 18.2 Å². The number of ether oxygens (including phenoxy) is 1. The second kappa shape index (κ2) is 11.7. The van der Waals surface area contributed by atoms with Gasteiger partial charge in [-0.25, -0.2) is 13.6 Å². The smallest absolute Gasteiger partial charge is 0.338 e. The molecule has 3 aromatic carbocycles. The number of rotatable bonds is 8. The Kier molecular flexibility index (Phi) is 8.21. The average molecular weight is 479 g/mol. The zero-order valence-electron chi connectivity index (χ0n) is 19.3. The van der Waals surface area contributed by atoms with Gasteiger partial charge in [0.15, 0.2) is 0 Å². The Labute approximate surface area is 203 Å². The molecule has 3 aromatic rings. The van der Waals surface area contributed by atoms with Crippen LogP contribution in [0, 0.1) is 17.6 Å². The maximum absolute atomic E-state index is 13.2. The third kappa shape index (κ3) is 6.96. The zero-order chi connectivity index (χ0) is 24.6. The molecule has 0 aliphatic carbocycles. The summed E-state index contributed by atoms with van der Waals surface area (Å²) in [5, 5.41) is 2.98. The Morgan fingerprint density at radius 1 is 0.857 bits per heavy atom. The number of hydrogen-bond donors (Lipinski definition) is 1. The van der Waals surface area contributed by atoms with E-state index >= 15 is 0 Å². The molecule has 182 valence electrons. The summed E-state index contributed by atoms with van der Waals surface area (Å²) in [6, 6.07) is 21.0. The topological polar surface area (TPSA) is 58.6 Å². The first-order valence-electron chi connectivity index (χ1n) is 11.7. The van der Waals surface area contributed by atoms with Crippen molar-refractivity contribution in [2.24, 2.45) is 5.92 Å². The summed E-state index contributed by atoms with van der Waals surface area (Å²) in [6.07, 6.45) is 1.67. The molecular weight excluding hydrogens is 450 g/mol. The second-order valence-electron chi connectivity index (χ2n) is 8.83. The van der Waals surface area contributed by atoms with E-state index in [9.17, 15) is 18.4 Å². The van der Waals surface area contributed by atoms with Crippen LogP contribution in [-0.4, -0.2) is 42.5 Å². The van der Waals surface area contributed by atoms with Gasteiger partial charge in [0, 0.05) is 37.2 Å². The number of halogens is 2. The Hall–Kier alpha value is -3.58. The molecule has 0 bridgehead atoms. The maximum Gasteiger partial charge on any atom is 0.338 e. The summed E-state index contributed by atoms with van der Waals surface area (Å²) < 4.78 is 31.8. The number of hydrogen-bond acceptors (Lipinski definition) is 4. The van der Waals surface area contributed by atoms with Crippen LogP contribution < -0.4 is 5.32 Å². The molecule has 5 nitrogen and oxygen atoms in total. The average Bonchev–Trinajstić information content (AvgIpc) is 2.88. The maximum atomic E-state index is 13.2. The van der Waals surface area contributed by atoms with Gasteiger partial charge in [0.1, 0.15) is 11.6 Å². The van der Waals surface area contributed by atoms with Crippen molar-refractivity contribution in [1.82, 2.24) is 10.2 Å². The number of likely N-dealkylation sites (tertiary alicyclic amines) is 1. The lowest BCUT2D eigenvalue weighted by Crippen LogP contribution is -2.49. The van der Waals surface area contributed by atoms with Crippen LogP contribution >= 0.6 is 0 Å². The number of benzene rings is 3. The number of amides is 1. The van der Waals surface area contributed by atoms with Crippen LogP contribution in [0.15, 0.2) is 78.9 Å². The molecule has 0 radical (unpaired) electrons. The minimum Gasteiger partial charge on any atom is -0.462 e. The summed E-state index contributed by atoms with van der Waals surface area (Å²) in [7, 11) is 0. The SMILES string of the molecule is O=C(NC[C@@H]1CC[C@H](COC(=O)c2ccc(F)cc2)CN1Cc1ccccc1)c1ccc(F)cc1. The fraction of sp³-hybridized carbons (Fsp3) is 0.286. The highest BCUT2D eigenvalue weighted by Gasteiger charge is 2.29. The van der Waals surface area contributed by atoms with Gasteiger partial charge >= 0.3 is 5.97 Å². The van der Waals surface area contributed by atoms with Crippen molar-refractivity contribution in [2.45, 2.75) is 25.4 Å². The summed E-state index contributed by atoms with van der Waals surface area (Å²) in [6.45, 7) is 2.16. The first-order chi connectivity index (χ1) is 17.0. The van der Waals surface area contributed by atoms with E-state index in [0.29, 0.717) is 30.8 Å². The molecule has 0 aromatic heterocycles. The molecule has 35 heavy (non-hydrogen) atoms. The monoisotopic (exact) mass is 478 g/mol. The minimum atomic E-state index is -0.465. The lowest BCUT2D eigenvalue weighted by Gasteiger charge is -2.39. The number of nitrogens with one attached hydrogen (secondary N) is 1. The van der Waals surface area contributed by atoms with Crippen LogP contribution in [0.1, 0.15) is 39.1 Å². The fourth-order valence-corrected chi connectivity index (χ4v) is 4.34. The van der Waals surface area contributed by atoms with E-state index in [4.69, 9.17) is 4.74 Å². The van der Waals surface area contributed by atoms with Gasteiger partial charge in [0.25, 0.3) is 5.91 Å². The van der Waals surface area contributed by atoms with Crippen molar-refractivity contribution in [1.29, 1.82) is 0 Å². The van der Waals surface area contributed by atoms with Crippen molar-refractivity contribution in [2.75, 3.05) is 19.7 Å². The first kappa shape index (κ1) is 24.5. The third-order valence-electron chi connectivity index (χ3n) is 6.28. The molecule has 0 saturated carbocycles. The van der Waals surface area contributed by atoms with E-state index in [1.165, 1.54) is 48.5 Å². The number of carbonyl (C=O) groups is 2. The molecule has 1 aliphatic rings. The quantitative estimate of drug-likeness (QED) is 0.471. The highest BCUT2D eigenvalue weighted by molar-refractivity contribution is 5.94. The normalized spacial score (nSPS) is 18.1. The van der Waals surface area contributed by atoms with Crippen molar-refractivity contribution >= 4 is 11.9 Å². The predicted octanol–water partition coefficient (Wildman–Crippen LogP) is 4.83. The van der Waals surface area contributed by atoms with Gasteiger partial charge in [-0.1, -0.05) is 30.3 Å². The first-order valence-corrected chi connectivity index (χ1v) is 11.7. The van der Waals surface area contributed by atoms with Crippen LogP contribution in [0.25, 0.3) is 0 Å². The fourth-order valence-electron chi connectivity index (χ4n) is 4.34. The standard InChI is InChI=1S/C28H28F2N2O3/c29-24-11-7-22(8-12-24)27(33)31-16-26-15-6-21(18-32(26)17-20-4-2-1-3-5-20)19-35-28(34)23-9-13-25(30)14-10-23/h1-5,7-14,21,26H,6,15-19H2,(H,31,33)/t21-,26-/m0/s1. The van der Waals surface area contributed by atoms with E-state index in [1.54, 1.807) is 0 Å². The summed E-state index contributed by atoms with van der Waals surface area (Å²) >= 11 is 0. The van der Waals surface area contributed by atoms with Crippen molar-refractivity contribution in [3.8, 4) is 0 Å². The molecule has 4 rings (SSSR count). The molecule has 7 heteroatoms. The molecule has 0 spiro atoms. The van der Waals surface area contributed by atoms with Crippen LogP contribution in [0.3, 0.4) is 0 Å². The zero-order valence-corrected chi connectivity index (χ0v) is 19.3. The molecule has 1 fully saturated rings. The molecule has 1 N–H and O–H groups in total. The predicted molar refractivity (Wildman–Crippen MR) is 129 cm³/mol. The summed E-state index contributed by atoms with van der Waals surface area (Å²) in [5.74, 6) is -1.34. The molecular formula is C28H28F2N2O3. The number of piperidine rings is 1. The van der Waals surface area contributed by atoms with E-state index in [2.05, 4.69) is 22.3 Å². The highest BCUT2D eigenvalue weighted by Crippen LogP contribution is 2.24. The van der Waals surface area contributed by atoms with Crippen LogP contribution in [0.5, 0.6) is 0 Å². The van der Waals surface area contributed by atoms with Crippen LogP contribution in [-0.2, 0) is 11.3 Å². The van der Waals surface area contributed by atoms with E-state index in [-0.39, 0.29) is 30.3 Å². The second-order valence-corrected chi connectivity index (χ2v) is 8.83. The summed E-state index contributed by atoms with van der Waals surface area (Å²) in [5.41, 5.74) is 1.90. The Morgan fingerprint density at radius 3 is 2.14 bits per heavy atom. The van der Waals surface area contributed by atoms with Gasteiger partial charge in [-0.15, -0.1) is 0 Å². The lowest BCUT2D eigenvalue weighted by molar-refractivity contribution is 0.0259. The minimum absolute atomic E-state index is 0.114. The summed E-state index contributed by atoms with van der Waals surface area (Å²) in [4.78, 5) is 27.2. The Bertz CT molecular complexity index is 1120. The van der Waals surface area contributed by atoms with Gasteiger partial charge < -0.3 is 10.1 Å². The number of carbonyl (C=O) groups excluding carboxylic acids is 2. The third-order valence-corrected chi connectivity index (χ3v) is 6.28. The number of nitrogens with zero attached hydrogens (tertiary/aromatic N) is 1. The van der Waals surface area contributed by atoms with Gasteiger partial charge in [-0.2, -0.15) is 0 Å². The molecule has 1 saturated heterocycles. The molecule has 1 heterocycles. The van der Waals surface area contributed by atoms with E-state index in [0.717, 1.165) is 18.4 Å². The van der Waals surface area contributed by atoms with Gasteiger partial charge in [0.2, 0.25) is 0 Å². The largest absolute Gasteiger partial charge is 0.462 e. The Balaban J connectivity index is 1.36. The van der Waals surface area contributed by atoms with Gasteiger partial charge in [0.05, 0.1) is 12.2 Å². The molecule has 1 amide bonds. The molecule has 2 atom stereocenters. The van der Waals surface area contributed by atoms with Gasteiger partial charge in [-0.05, 0) is 66.9 Å². The van der Waals surface area contributed by atoms with Gasteiger partial charge in [-0.3, -0.25) is 9.69 Å². The van der Waals surface area contributed by atoms with E-state index < -0.39 is 11.8 Å². The van der Waals surface area contributed by atoms with Crippen LogP contribution in [0.4, 0.5) is 8.78 Å². The molecule has 0 unspecified atom stereocenters.